The van der Waals surface area contributed by atoms with Crippen LogP contribution in [-0.2, 0) is 0 Å². The normalized spacial score (nSPS) is 11.5. The van der Waals surface area contributed by atoms with Crippen molar-refractivity contribution in [3.8, 4) is 5.95 Å². The molecule has 0 aliphatic carbocycles. The van der Waals surface area contributed by atoms with Crippen LogP contribution in [0.1, 0.15) is 23.9 Å². The highest BCUT2D eigenvalue weighted by Crippen LogP contribution is 2.19. The zero-order valence-corrected chi connectivity index (χ0v) is 20.8. The van der Waals surface area contributed by atoms with Crippen LogP contribution in [0.3, 0.4) is 0 Å². The number of anilines is 3. The molecule has 2 aromatic carbocycles. The van der Waals surface area contributed by atoms with Crippen LogP contribution < -0.4 is 10.7 Å². The molecule has 0 saturated carbocycles. The first-order valence-corrected chi connectivity index (χ1v) is 11.3. The van der Waals surface area contributed by atoms with E-state index in [9.17, 15) is 0 Å². The monoisotopic (exact) mass is 554 g/mol. The summed E-state index contributed by atoms with van der Waals surface area (Å²) in [4.78, 5) is 13.6. The van der Waals surface area contributed by atoms with Gasteiger partial charge in [-0.15, -0.1) is 0 Å². The standard InChI is InChI=1S/C22H20Br2N8/c1-13-12-14(2)32(31-13)22-27-20(25-19-10-8-18(24)9-11-19)26-21(28-22)30-29-15(3)16-4-6-17(23)7-5-16/h4-12H,1-3H3,(H2,25,26,27,28,30)/b29-15-. The lowest BCUT2D eigenvalue weighted by Crippen LogP contribution is -2.11. The van der Waals surface area contributed by atoms with Crippen molar-refractivity contribution in [3.05, 3.63) is 80.5 Å². The van der Waals surface area contributed by atoms with Crippen LogP contribution in [0.15, 0.2) is 68.6 Å². The summed E-state index contributed by atoms with van der Waals surface area (Å²) in [5.41, 5.74) is 7.39. The summed E-state index contributed by atoms with van der Waals surface area (Å²) in [5, 5.41) is 12.2. The molecule has 2 heterocycles. The van der Waals surface area contributed by atoms with E-state index in [2.05, 4.69) is 67.8 Å². The molecule has 0 atom stereocenters. The molecule has 0 radical (unpaired) electrons. The second kappa shape index (κ2) is 9.58. The molecule has 8 nitrogen and oxygen atoms in total. The Morgan fingerprint density at radius 3 is 2.12 bits per heavy atom. The van der Waals surface area contributed by atoms with Crippen molar-refractivity contribution in [2.24, 2.45) is 5.10 Å². The Kier molecular flexibility index (Phi) is 6.61. The molecule has 10 heteroatoms. The first-order chi connectivity index (χ1) is 15.4. The van der Waals surface area contributed by atoms with Crippen LogP contribution in [0.2, 0.25) is 0 Å². The van der Waals surface area contributed by atoms with E-state index in [0.717, 1.165) is 37.3 Å². The van der Waals surface area contributed by atoms with Gasteiger partial charge in [0.2, 0.25) is 11.9 Å². The molecular formula is C22H20Br2N8. The molecule has 4 rings (SSSR count). The third kappa shape index (κ3) is 5.38. The number of benzene rings is 2. The summed E-state index contributed by atoms with van der Waals surface area (Å²) in [6.07, 6.45) is 0. The Hall–Kier alpha value is -3.11. The number of rotatable bonds is 6. The fourth-order valence-electron chi connectivity index (χ4n) is 2.95. The largest absolute Gasteiger partial charge is 0.324 e. The van der Waals surface area contributed by atoms with Gasteiger partial charge in [-0.3, -0.25) is 0 Å². The van der Waals surface area contributed by atoms with Crippen LogP contribution in [-0.4, -0.2) is 30.4 Å². The number of nitrogens with zero attached hydrogens (tertiary/aromatic N) is 6. The lowest BCUT2D eigenvalue weighted by atomic mass is 10.1. The zero-order chi connectivity index (χ0) is 22.7. The summed E-state index contributed by atoms with van der Waals surface area (Å²) >= 11 is 6.89. The number of aromatic nitrogens is 5. The van der Waals surface area contributed by atoms with Gasteiger partial charge >= 0.3 is 0 Å². The molecule has 0 aliphatic heterocycles. The van der Waals surface area contributed by atoms with Crippen molar-refractivity contribution >= 4 is 55.2 Å². The molecule has 0 saturated heterocycles. The van der Waals surface area contributed by atoms with E-state index in [0.29, 0.717) is 17.8 Å². The van der Waals surface area contributed by atoms with E-state index < -0.39 is 0 Å². The van der Waals surface area contributed by atoms with Crippen LogP contribution in [0, 0.1) is 13.8 Å². The molecule has 0 bridgehead atoms. The van der Waals surface area contributed by atoms with Gasteiger partial charge in [0.15, 0.2) is 0 Å². The molecule has 162 valence electrons. The number of hydrogen-bond acceptors (Lipinski definition) is 7. The quantitative estimate of drug-likeness (QED) is 0.231. The summed E-state index contributed by atoms with van der Waals surface area (Å²) in [5.74, 6) is 1.08. The van der Waals surface area contributed by atoms with Crippen molar-refractivity contribution in [2.75, 3.05) is 10.7 Å². The molecule has 4 aromatic rings. The smallest absolute Gasteiger partial charge is 0.257 e. The molecule has 0 unspecified atom stereocenters. The topological polar surface area (TPSA) is 92.9 Å². The molecule has 0 fully saturated rings. The Morgan fingerprint density at radius 1 is 0.875 bits per heavy atom. The highest BCUT2D eigenvalue weighted by molar-refractivity contribution is 9.10. The molecule has 32 heavy (non-hydrogen) atoms. The zero-order valence-electron chi connectivity index (χ0n) is 17.6. The van der Waals surface area contributed by atoms with E-state index in [-0.39, 0.29) is 0 Å². The van der Waals surface area contributed by atoms with Crippen LogP contribution >= 0.6 is 31.9 Å². The van der Waals surface area contributed by atoms with Gasteiger partial charge in [-0.2, -0.15) is 25.2 Å². The fourth-order valence-corrected chi connectivity index (χ4v) is 3.48. The number of halogens is 2. The van der Waals surface area contributed by atoms with E-state index in [1.165, 1.54) is 0 Å². The Bertz CT molecular complexity index is 1260. The molecular weight excluding hydrogens is 536 g/mol. The summed E-state index contributed by atoms with van der Waals surface area (Å²) in [6, 6.07) is 17.6. The maximum Gasteiger partial charge on any atom is 0.257 e. The van der Waals surface area contributed by atoms with E-state index >= 15 is 0 Å². The Labute approximate surface area is 202 Å². The fraction of sp³-hybridized carbons (Fsp3) is 0.136. The van der Waals surface area contributed by atoms with Gasteiger partial charge in [0.1, 0.15) is 0 Å². The van der Waals surface area contributed by atoms with Gasteiger partial charge in [0.05, 0.1) is 11.4 Å². The number of hydrogen-bond donors (Lipinski definition) is 2. The molecule has 0 amide bonds. The van der Waals surface area contributed by atoms with E-state index in [4.69, 9.17) is 0 Å². The van der Waals surface area contributed by atoms with Crippen LogP contribution in [0.4, 0.5) is 17.6 Å². The van der Waals surface area contributed by atoms with Gasteiger partial charge < -0.3 is 5.32 Å². The minimum absolute atomic E-state index is 0.304. The predicted octanol–water partition coefficient (Wildman–Crippen LogP) is 5.78. The van der Waals surface area contributed by atoms with Gasteiger partial charge in [0, 0.05) is 20.3 Å². The molecule has 2 aromatic heterocycles. The lowest BCUT2D eigenvalue weighted by molar-refractivity contribution is 0.767. The van der Waals surface area contributed by atoms with Gasteiger partial charge in [-0.05, 0) is 68.8 Å². The van der Waals surface area contributed by atoms with Crippen molar-refractivity contribution in [2.45, 2.75) is 20.8 Å². The summed E-state index contributed by atoms with van der Waals surface area (Å²) in [6.45, 7) is 5.80. The minimum Gasteiger partial charge on any atom is -0.324 e. The highest BCUT2D eigenvalue weighted by Gasteiger charge is 2.12. The maximum atomic E-state index is 4.55. The van der Waals surface area contributed by atoms with Crippen molar-refractivity contribution < 1.29 is 0 Å². The Morgan fingerprint density at radius 2 is 1.50 bits per heavy atom. The first-order valence-electron chi connectivity index (χ1n) is 9.76. The highest BCUT2D eigenvalue weighted by atomic mass is 79.9. The molecule has 0 aliphatic rings. The van der Waals surface area contributed by atoms with E-state index in [1.807, 2.05) is 75.4 Å². The summed E-state index contributed by atoms with van der Waals surface area (Å²) < 4.78 is 3.68. The number of aryl methyl sites for hydroxylation is 2. The second-order valence-corrected chi connectivity index (χ2v) is 8.90. The summed E-state index contributed by atoms with van der Waals surface area (Å²) in [7, 11) is 0. The average molecular weight is 556 g/mol. The lowest BCUT2D eigenvalue weighted by Gasteiger charge is -2.10. The predicted molar refractivity (Wildman–Crippen MR) is 134 cm³/mol. The number of hydrazone groups is 1. The second-order valence-electron chi connectivity index (χ2n) is 7.07. The van der Waals surface area contributed by atoms with Crippen molar-refractivity contribution in [3.63, 3.8) is 0 Å². The van der Waals surface area contributed by atoms with Crippen LogP contribution in [0.5, 0.6) is 0 Å². The minimum atomic E-state index is 0.304. The van der Waals surface area contributed by atoms with Gasteiger partial charge in [-0.1, -0.05) is 44.0 Å². The van der Waals surface area contributed by atoms with Gasteiger partial charge in [0.25, 0.3) is 5.95 Å². The van der Waals surface area contributed by atoms with Crippen LogP contribution in [0.25, 0.3) is 5.95 Å². The first kappa shape index (κ1) is 22.1. The maximum absolute atomic E-state index is 4.55. The van der Waals surface area contributed by atoms with Crippen molar-refractivity contribution in [1.29, 1.82) is 0 Å². The van der Waals surface area contributed by atoms with E-state index in [1.54, 1.807) is 4.68 Å². The SMILES string of the molecule is C/C(=N/Nc1nc(Nc2ccc(Br)cc2)nc(-n2nc(C)cc2C)n1)c1ccc(Br)cc1. The molecule has 0 spiro atoms. The third-order valence-corrected chi connectivity index (χ3v) is 5.57. The van der Waals surface area contributed by atoms with Crippen molar-refractivity contribution in [1.82, 2.24) is 24.7 Å². The number of nitrogens with one attached hydrogen (secondary N) is 2. The van der Waals surface area contributed by atoms with Gasteiger partial charge in [-0.25, -0.2) is 10.1 Å². The Balaban J connectivity index is 1.67. The third-order valence-electron chi connectivity index (χ3n) is 4.51. The average Bonchev–Trinajstić information content (AvgIpc) is 3.12. The molecule has 2 N–H and O–H groups in total.